The summed E-state index contributed by atoms with van der Waals surface area (Å²) in [5.41, 5.74) is 5.11. The average molecular weight is 499 g/mol. The summed E-state index contributed by atoms with van der Waals surface area (Å²) in [6.07, 6.45) is -1.12. The van der Waals surface area contributed by atoms with Gasteiger partial charge in [-0.05, 0) is 40.1 Å². The van der Waals surface area contributed by atoms with E-state index in [2.05, 4.69) is 10.6 Å². The molecule has 0 aliphatic heterocycles. The highest BCUT2D eigenvalue weighted by Gasteiger charge is 2.30. The van der Waals surface area contributed by atoms with Gasteiger partial charge in [0.25, 0.3) is 0 Å². The molecular formula is C25H23ClN2O5S. The van der Waals surface area contributed by atoms with Gasteiger partial charge in [-0.25, -0.2) is 4.79 Å². The summed E-state index contributed by atoms with van der Waals surface area (Å²) in [5.74, 6) is -1.68. The molecule has 3 N–H and O–H groups in total. The van der Waals surface area contributed by atoms with Gasteiger partial charge in [0.2, 0.25) is 5.91 Å². The number of carbonyl (C=O) groups is 3. The predicted molar refractivity (Wildman–Crippen MR) is 130 cm³/mol. The standard InChI is InChI=1S/C25H23ClN2O5S/c26-23-15(11-12-34-23)13-27-24(31)21(9-10-22(29)30)28-25(32)33-14-20-18-7-3-1-5-16(18)17-6-2-4-8-19(17)20/h1-8,11-12,20-21H,9-10,13-14H2,(H,27,31)(H,28,32)(H,29,30). The van der Waals surface area contributed by atoms with Crippen LogP contribution in [0.3, 0.4) is 0 Å². The third-order valence-electron chi connectivity index (χ3n) is 5.75. The Morgan fingerprint density at radius 3 is 2.26 bits per heavy atom. The molecule has 0 fully saturated rings. The van der Waals surface area contributed by atoms with Crippen molar-refractivity contribution in [2.75, 3.05) is 6.61 Å². The van der Waals surface area contributed by atoms with Crippen LogP contribution in [0.15, 0.2) is 60.0 Å². The van der Waals surface area contributed by atoms with Gasteiger partial charge in [-0.15, -0.1) is 11.3 Å². The minimum absolute atomic E-state index is 0.0667. The van der Waals surface area contributed by atoms with Crippen LogP contribution in [0.2, 0.25) is 4.34 Å². The maximum atomic E-state index is 12.7. The smallest absolute Gasteiger partial charge is 0.407 e. The molecule has 1 aromatic heterocycles. The maximum Gasteiger partial charge on any atom is 0.407 e. The van der Waals surface area contributed by atoms with Gasteiger partial charge in [-0.2, -0.15) is 0 Å². The second-order valence-electron chi connectivity index (χ2n) is 7.89. The first kappa shape index (κ1) is 23.8. The molecule has 0 bridgehead atoms. The number of halogens is 1. The second-order valence-corrected chi connectivity index (χ2v) is 9.41. The topological polar surface area (TPSA) is 105 Å². The summed E-state index contributed by atoms with van der Waals surface area (Å²) in [6.45, 7) is 0.273. The number of benzene rings is 2. The Morgan fingerprint density at radius 1 is 1.03 bits per heavy atom. The average Bonchev–Trinajstić information content (AvgIpc) is 3.39. The molecule has 1 heterocycles. The van der Waals surface area contributed by atoms with Crippen LogP contribution in [0, 0.1) is 0 Å². The first-order valence-electron chi connectivity index (χ1n) is 10.8. The number of rotatable bonds is 9. The lowest BCUT2D eigenvalue weighted by molar-refractivity contribution is -0.137. The van der Waals surface area contributed by atoms with Gasteiger partial charge in [0.15, 0.2) is 0 Å². The number of carbonyl (C=O) groups excluding carboxylic acids is 2. The molecule has 4 rings (SSSR count). The molecule has 0 saturated heterocycles. The number of carboxylic acids is 1. The number of nitrogens with one attached hydrogen (secondary N) is 2. The molecular weight excluding hydrogens is 476 g/mol. The van der Waals surface area contributed by atoms with Gasteiger partial charge in [0.05, 0.1) is 4.34 Å². The molecule has 2 amide bonds. The summed E-state index contributed by atoms with van der Waals surface area (Å²) in [7, 11) is 0. The number of hydrogen-bond donors (Lipinski definition) is 3. The monoisotopic (exact) mass is 498 g/mol. The lowest BCUT2D eigenvalue weighted by atomic mass is 9.98. The Morgan fingerprint density at radius 2 is 1.68 bits per heavy atom. The highest BCUT2D eigenvalue weighted by atomic mass is 35.5. The third kappa shape index (κ3) is 5.40. The highest BCUT2D eigenvalue weighted by molar-refractivity contribution is 7.14. The van der Waals surface area contributed by atoms with Gasteiger partial charge < -0.3 is 20.5 Å². The number of carboxylic acid groups (broad SMARTS) is 1. The van der Waals surface area contributed by atoms with Crippen LogP contribution < -0.4 is 10.6 Å². The molecule has 2 aromatic carbocycles. The van der Waals surface area contributed by atoms with Gasteiger partial charge in [-0.1, -0.05) is 60.1 Å². The number of aliphatic carboxylic acids is 1. The number of hydrogen-bond acceptors (Lipinski definition) is 5. The lowest BCUT2D eigenvalue weighted by Crippen LogP contribution is -2.47. The molecule has 3 aromatic rings. The molecule has 1 aliphatic carbocycles. The van der Waals surface area contributed by atoms with Crippen molar-refractivity contribution in [3.8, 4) is 11.1 Å². The molecule has 1 unspecified atom stereocenters. The highest BCUT2D eigenvalue weighted by Crippen LogP contribution is 2.44. The van der Waals surface area contributed by atoms with Crippen molar-refractivity contribution < 1.29 is 24.2 Å². The fraction of sp³-hybridized carbons (Fsp3) is 0.240. The van der Waals surface area contributed by atoms with Crippen molar-refractivity contribution in [1.29, 1.82) is 0 Å². The van der Waals surface area contributed by atoms with Gasteiger partial charge in [0, 0.05) is 24.4 Å². The molecule has 0 saturated carbocycles. The fourth-order valence-corrected chi connectivity index (χ4v) is 5.00. The minimum Gasteiger partial charge on any atom is -0.481 e. The minimum atomic E-state index is -1.06. The van der Waals surface area contributed by atoms with Crippen LogP contribution in [0.4, 0.5) is 4.79 Å². The quantitative estimate of drug-likeness (QED) is 0.393. The predicted octanol–water partition coefficient (Wildman–Crippen LogP) is 4.79. The number of ether oxygens (including phenoxy) is 1. The number of amides is 2. The normalized spacial score (nSPS) is 13.0. The lowest BCUT2D eigenvalue weighted by Gasteiger charge is -2.19. The molecule has 1 aliphatic rings. The zero-order chi connectivity index (χ0) is 24.1. The van der Waals surface area contributed by atoms with Crippen molar-refractivity contribution in [2.24, 2.45) is 0 Å². The Hall–Kier alpha value is -3.36. The number of alkyl carbamates (subject to hydrolysis) is 1. The van der Waals surface area contributed by atoms with Gasteiger partial charge >= 0.3 is 12.1 Å². The molecule has 0 radical (unpaired) electrons. The SMILES string of the molecule is O=C(O)CCC(NC(=O)OCC1c2ccccc2-c2ccccc21)C(=O)NCc1ccsc1Cl. The van der Waals surface area contributed by atoms with E-state index in [-0.39, 0.29) is 31.9 Å². The molecule has 9 heteroatoms. The zero-order valence-electron chi connectivity index (χ0n) is 18.1. The molecule has 7 nitrogen and oxygen atoms in total. The molecule has 34 heavy (non-hydrogen) atoms. The van der Waals surface area contributed by atoms with Crippen LogP contribution >= 0.6 is 22.9 Å². The number of thiophene rings is 1. The van der Waals surface area contributed by atoms with Gasteiger partial charge in [0.1, 0.15) is 12.6 Å². The molecule has 1 atom stereocenters. The van der Waals surface area contributed by atoms with Crippen LogP contribution in [-0.4, -0.2) is 35.7 Å². The Kier molecular flexibility index (Phi) is 7.49. The van der Waals surface area contributed by atoms with Crippen molar-refractivity contribution in [3.63, 3.8) is 0 Å². The molecule has 0 spiro atoms. The van der Waals surface area contributed by atoms with Crippen molar-refractivity contribution in [1.82, 2.24) is 10.6 Å². The first-order valence-corrected chi connectivity index (χ1v) is 12.0. The maximum absolute atomic E-state index is 12.7. The summed E-state index contributed by atoms with van der Waals surface area (Å²) in [5, 5.41) is 16.1. The van der Waals surface area contributed by atoms with E-state index in [1.54, 1.807) is 11.4 Å². The van der Waals surface area contributed by atoms with Crippen LogP contribution in [0.5, 0.6) is 0 Å². The van der Waals surface area contributed by atoms with E-state index in [0.29, 0.717) is 4.34 Å². The van der Waals surface area contributed by atoms with Gasteiger partial charge in [-0.3, -0.25) is 9.59 Å². The summed E-state index contributed by atoms with van der Waals surface area (Å²) >= 11 is 7.41. The molecule has 176 valence electrons. The van der Waals surface area contributed by atoms with Crippen molar-refractivity contribution in [3.05, 3.63) is 81.0 Å². The van der Waals surface area contributed by atoms with E-state index in [4.69, 9.17) is 21.4 Å². The van der Waals surface area contributed by atoms with Crippen molar-refractivity contribution in [2.45, 2.75) is 31.3 Å². The Balaban J connectivity index is 1.39. The Bertz CT molecular complexity index is 1170. The van der Waals surface area contributed by atoms with E-state index >= 15 is 0 Å². The summed E-state index contributed by atoms with van der Waals surface area (Å²) in [6, 6.07) is 16.7. The Labute approximate surface area is 205 Å². The van der Waals surface area contributed by atoms with Crippen molar-refractivity contribution >= 4 is 40.9 Å². The van der Waals surface area contributed by atoms with Crippen LogP contribution in [0.1, 0.15) is 35.4 Å². The van der Waals surface area contributed by atoms with E-state index in [1.165, 1.54) is 11.3 Å². The first-order chi connectivity index (χ1) is 16.4. The van der Waals surface area contributed by atoms with E-state index in [1.807, 2.05) is 48.5 Å². The fourth-order valence-electron chi connectivity index (χ4n) is 4.07. The van der Waals surface area contributed by atoms with E-state index < -0.39 is 24.0 Å². The second kappa shape index (κ2) is 10.7. The summed E-state index contributed by atoms with van der Waals surface area (Å²) < 4.78 is 6.06. The third-order valence-corrected chi connectivity index (χ3v) is 7.00. The largest absolute Gasteiger partial charge is 0.481 e. The van der Waals surface area contributed by atoms with Crippen LogP contribution in [-0.2, 0) is 20.9 Å². The number of fused-ring (bicyclic) bond motifs is 3. The van der Waals surface area contributed by atoms with E-state index in [9.17, 15) is 14.4 Å². The van der Waals surface area contributed by atoms with E-state index in [0.717, 1.165) is 27.8 Å². The zero-order valence-corrected chi connectivity index (χ0v) is 19.7. The summed E-state index contributed by atoms with van der Waals surface area (Å²) in [4.78, 5) is 36.3. The van der Waals surface area contributed by atoms with Crippen LogP contribution in [0.25, 0.3) is 11.1 Å².